The van der Waals surface area contributed by atoms with Crippen LogP contribution >= 0.6 is 0 Å². The summed E-state index contributed by atoms with van der Waals surface area (Å²) in [7, 11) is 0. The smallest absolute Gasteiger partial charge is 0.349 e. The number of aryl methyl sites for hydroxylation is 1. The fraction of sp³-hybridized carbons (Fsp3) is 0.194. The molecule has 4 rings (SSSR count). The van der Waals surface area contributed by atoms with E-state index in [0.717, 1.165) is 36.6 Å². The van der Waals surface area contributed by atoms with Gasteiger partial charge >= 0.3 is 5.97 Å². The Morgan fingerprint density at radius 1 is 0.806 bits per heavy atom. The molecule has 36 heavy (non-hydrogen) atoms. The Balaban J connectivity index is 1.48. The van der Waals surface area contributed by atoms with Crippen molar-refractivity contribution in [3.05, 3.63) is 125 Å². The summed E-state index contributed by atoms with van der Waals surface area (Å²) in [5, 5.41) is 0. The van der Waals surface area contributed by atoms with Gasteiger partial charge in [0.1, 0.15) is 28.8 Å². The van der Waals surface area contributed by atoms with E-state index in [4.69, 9.17) is 4.74 Å². The summed E-state index contributed by atoms with van der Waals surface area (Å²) in [5.74, 6) is -3.61. The van der Waals surface area contributed by atoms with Gasteiger partial charge in [-0.2, -0.15) is 0 Å². The molecule has 0 spiro atoms. The van der Waals surface area contributed by atoms with Gasteiger partial charge in [-0.1, -0.05) is 80.9 Å². The fourth-order valence-electron chi connectivity index (χ4n) is 4.24. The zero-order valence-corrected chi connectivity index (χ0v) is 20.2. The van der Waals surface area contributed by atoms with Crippen molar-refractivity contribution in [3.8, 4) is 16.9 Å². The van der Waals surface area contributed by atoms with E-state index < -0.39 is 29.0 Å². The van der Waals surface area contributed by atoms with Crippen LogP contribution in [0, 0.1) is 17.5 Å². The lowest BCUT2D eigenvalue weighted by Crippen LogP contribution is -2.13. The van der Waals surface area contributed by atoms with Crippen LogP contribution in [0.5, 0.6) is 5.75 Å². The zero-order chi connectivity index (χ0) is 25.7. The minimum Gasteiger partial charge on any atom is -0.423 e. The summed E-state index contributed by atoms with van der Waals surface area (Å²) in [6.45, 7) is 4.07. The lowest BCUT2D eigenvalue weighted by molar-refractivity contribution is 0.0724. The molecule has 0 bridgehead atoms. The van der Waals surface area contributed by atoms with Gasteiger partial charge in [-0.3, -0.25) is 0 Å². The molecule has 0 radical (unpaired) electrons. The molecule has 0 unspecified atom stereocenters. The van der Waals surface area contributed by atoms with Gasteiger partial charge in [0.05, 0.1) is 0 Å². The standard InChI is InChI=1S/C31H27F3O2/c1-3-7-24-14-15-26(19-27(24)32)36-31(35)30-28(33)17-25(18-29(30)34)23-12-10-21(11-13-23)16-20(2)22-8-5-4-6-9-22/h4-6,8-15,17-20H,3,7,16H2,1-2H3/t20-/m1/s1. The summed E-state index contributed by atoms with van der Waals surface area (Å²) >= 11 is 0. The number of carbonyl (C=O) groups is 1. The van der Waals surface area contributed by atoms with Crippen molar-refractivity contribution in [1.82, 2.24) is 0 Å². The van der Waals surface area contributed by atoms with E-state index in [1.807, 2.05) is 37.3 Å². The van der Waals surface area contributed by atoms with E-state index in [0.29, 0.717) is 29.0 Å². The number of carbonyl (C=O) groups excluding carboxylic acids is 1. The lowest BCUT2D eigenvalue weighted by Gasteiger charge is -2.13. The predicted molar refractivity (Wildman–Crippen MR) is 136 cm³/mol. The average Bonchev–Trinajstić information content (AvgIpc) is 2.86. The molecule has 5 heteroatoms. The summed E-state index contributed by atoms with van der Waals surface area (Å²) in [6, 6.07) is 23.8. The van der Waals surface area contributed by atoms with Gasteiger partial charge in [0, 0.05) is 6.07 Å². The van der Waals surface area contributed by atoms with Gasteiger partial charge in [0.2, 0.25) is 0 Å². The van der Waals surface area contributed by atoms with Crippen molar-refractivity contribution in [2.45, 2.75) is 39.0 Å². The third-order valence-electron chi connectivity index (χ3n) is 6.20. The molecule has 0 aromatic heterocycles. The van der Waals surface area contributed by atoms with Crippen LogP contribution in [-0.2, 0) is 12.8 Å². The summed E-state index contributed by atoms with van der Waals surface area (Å²) < 4.78 is 48.8. The first-order valence-corrected chi connectivity index (χ1v) is 12.0. The highest BCUT2D eigenvalue weighted by Gasteiger charge is 2.22. The zero-order valence-electron chi connectivity index (χ0n) is 20.2. The molecule has 0 saturated carbocycles. The van der Waals surface area contributed by atoms with Crippen LogP contribution in [-0.4, -0.2) is 5.97 Å². The maximum atomic E-state index is 14.8. The second kappa shape index (κ2) is 11.3. The molecule has 0 saturated heterocycles. The summed E-state index contributed by atoms with van der Waals surface area (Å²) in [6.07, 6.45) is 2.13. The third-order valence-corrected chi connectivity index (χ3v) is 6.20. The van der Waals surface area contributed by atoms with E-state index in [9.17, 15) is 18.0 Å². The Morgan fingerprint density at radius 3 is 2.08 bits per heavy atom. The molecule has 0 amide bonds. The highest BCUT2D eigenvalue weighted by Crippen LogP contribution is 2.28. The number of hydrogen-bond donors (Lipinski definition) is 0. The minimum atomic E-state index is -1.22. The molecule has 184 valence electrons. The van der Waals surface area contributed by atoms with Crippen molar-refractivity contribution < 1.29 is 22.7 Å². The highest BCUT2D eigenvalue weighted by atomic mass is 19.1. The fourth-order valence-corrected chi connectivity index (χ4v) is 4.24. The second-order valence-corrected chi connectivity index (χ2v) is 8.92. The Kier molecular flexibility index (Phi) is 7.89. The molecule has 0 aliphatic rings. The van der Waals surface area contributed by atoms with Gasteiger partial charge in [0.25, 0.3) is 0 Å². The number of esters is 1. The molecule has 0 aliphatic carbocycles. The number of hydrogen-bond acceptors (Lipinski definition) is 2. The quantitative estimate of drug-likeness (QED) is 0.184. The van der Waals surface area contributed by atoms with E-state index in [1.54, 1.807) is 12.1 Å². The largest absolute Gasteiger partial charge is 0.423 e. The van der Waals surface area contributed by atoms with E-state index in [-0.39, 0.29) is 5.75 Å². The van der Waals surface area contributed by atoms with Crippen molar-refractivity contribution in [3.63, 3.8) is 0 Å². The minimum absolute atomic E-state index is 0.111. The predicted octanol–water partition coefficient (Wildman–Crippen LogP) is 8.29. The Labute approximate surface area is 209 Å². The first-order chi connectivity index (χ1) is 17.4. The van der Waals surface area contributed by atoms with Crippen LogP contribution in [0.25, 0.3) is 11.1 Å². The SMILES string of the molecule is CCCc1ccc(OC(=O)c2c(F)cc(-c3ccc(C[C@@H](C)c4ccccc4)cc3)cc2F)cc1F. The maximum Gasteiger partial charge on any atom is 0.349 e. The molecule has 2 nitrogen and oxygen atoms in total. The van der Waals surface area contributed by atoms with Crippen molar-refractivity contribution in [2.24, 2.45) is 0 Å². The van der Waals surface area contributed by atoms with Gasteiger partial charge in [0.15, 0.2) is 0 Å². The number of ether oxygens (including phenoxy) is 1. The average molecular weight is 489 g/mol. The molecule has 0 heterocycles. The van der Waals surface area contributed by atoms with Gasteiger partial charge < -0.3 is 4.74 Å². The Bertz CT molecular complexity index is 1330. The van der Waals surface area contributed by atoms with Crippen molar-refractivity contribution in [2.75, 3.05) is 0 Å². The van der Waals surface area contributed by atoms with Crippen LogP contribution in [0.1, 0.15) is 53.2 Å². The topological polar surface area (TPSA) is 26.3 Å². The monoisotopic (exact) mass is 488 g/mol. The first kappa shape index (κ1) is 25.2. The van der Waals surface area contributed by atoms with Crippen LogP contribution < -0.4 is 4.74 Å². The van der Waals surface area contributed by atoms with Gasteiger partial charge in [-0.25, -0.2) is 18.0 Å². The molecule has 1 atom stereocenters. The van der Waals surface area contributed by atoms with E-state index in [1.165, 1.54) is 17.7 Å². The van der Waals surface area contributed by atoms with E-state index >= 15 is 0 Å². The van der Waals surface area contributed by atoms with E-state index in [2.05, 4.69) is 19.1 Å². The van der Waals surface area contributed by atoms with Crippen LogP contribution in [0.4, 0.5) is 13.2 Å². The second-order valence-electron chi connectivity index (χ2n) is 8.92. The summed E-state index contributed by atoms with van der Waals surface area (Å²) in [5.41, 5.74) is 2.95. The Hall–Kier alpha value is -3.86. The van der Waals surface area contributed by atoms with Crippen LogP contribution in [0.2, 0.25) is 0 Å². The van der Waals surface area contributed by atoms with Crippen LogP contribution in [0.15, 0.2) is 84.9 Å². The van der Waals surface area contributed by atoms with Gasteiger partial charge in [-0.05, 0) is 64.8 Å². The summed E-state index contributed by atoms with van der Waals surface area (Å²) in [4.78, 5) is 12.5. The number of benzene rings is 4. The van der Waals surface area contributed by atoms with Gasteiger partial charge in [-0.15, -0.1) is 0 Å². The third kappa shape index (κ3) is 5.85. The van der Waals surface area contributed by atoms with Crippen molar-refractivity contribution in [1.29, 1.82) is 0 Å². The number of halogens is 3. The molecular weight excluding hydrogens is 461 g/mol. The molecule has 4 aromatic rings. The Morgan fingerprint density at radius 2 is 1.47 bits per heavy atom. The maximum absolute atomic E-state index is 14.8. The molecule has 0 N–H and O–H groups in total. The highest BCUT2D eigenvalue weighted by molar-refractivity contribution is 5.92. The van der Waals surface area contributed by atoms with Crippen LogP contribution in [0.3, 0.4) is 0 Å². The number of rotatable bonds is 8. The lowest BCUT2D eigenvalue weighted by atomic mass is 9.93. The first-order valence-electron chi connectivity index (χ1n) is 12.0. The molecular formula is C31H27F3O2. The van der Waals surface area contributed by atoms with Crippen molar-refractivity contribution >= 4 is 5.97 Å². The molecule has 4 aromatic carbocycles. The molecule has 0 aliphatic heterocycles. The normalized spacial score (nSPS) is 11.8. The molecule has 0 fully saturated rings.